The van der Waals surface area contributed by atoms with Crippen LogP contribution in [0, 0.1) is 5.41 Å². The van der Waals surface area contributed by atoms with Gasteiger partial charge in [-0.05, 0) is 6.42 Å². The predicted octanol–water partition coefficient (Wildman–Crippen LogP) is 2.01. The first kappa shape index (κ1) is 7.67. The van der Waals surface area contributed by atoms with Crippen molar-refractivity contribution in [1.82, 2.24) is 0 Å². The summed E-state index contributed by atoms with van der Waals surface area (Å²) in [6.45, 7) is 6.01. The maximum Gasteiger partial charge on any atom is 0.125 e. The largest absolute Gasteiger partial charge is 0.303 e. The molecule has 0 saturated carbocycles. The summed E-state index contributed by atoms with van der Waals surface area (Å²) in [5, 5.41) is 0. The van der Waals surface area contributed by atoms with Crippen LogP contribution in [0.4, 0.5) is 0 Å². The highest BCUT2D eigenvalue weighted by molar-refractivity contribution is 5.57. The van der Waals surface area contributed by atoms with Crippen molar-refractivity contribution >= 4 is 6.29 Å². The van der Waals surface area contributed by atoms with Crippen LogP contribution in [0.5, 0.6) is 0 Å². The van der Waals surface area contributed by atoms with Crippen LogP contribution < -0.4 is 0 Å². The van der Waals surface area contributed by atoms with Crippen molar-refractivity contribution in [3.63, 3.8) is 0 Å². The summed E-state index contributed by atoms with van der Waals surface area (Å²) in [5.74, 6) is 0. The Morgan fingerprint density at radius 2 is 2.00 bits per heavy atom. The zero-order chi connectivity index (χ0) is 6.62. The van der Waals surface area contributed by atoms with E-state index in [1.807, 2.05) is 13.8 Å². The normalized spacial score (nSPS) is 11.4. The smallest absolute Gasteiger partial charge is 0.125 e. The highest BCUT2D eigenvalue weighted by atomic mass is 16.1. The van der Waals surface area contributed by atoms with E-state index < -0.39 is 0 Å². The Morgan fingerprint density at radius 1 is 1.50 bits per heavy atom. The van der Waals surface area contributed by atoms with Crippen molar-refractivity contribution in [3.05, 3.63) is 0 Å². The Bertz CT molecular complexity index is 74.5. The fourth-order valence-corrected chi connectivity index (χ4v) is 0.703. The molecule has 0 heterocycles. The van der Waals surface area contributed by atoms with Gasteiger partial charge in [0.15, 0.2) is 0 Å². The van der Waals surface area contributed by atoms with Crippen LogP contribution in [0.1, 0.15) is 33.6 Å². The number of carbonyl (C=O) groups is 1. The van der Waals surface area contributed by atoms with Crippen LogP contribution >= 0.6 is 0 Å². The average Bonchev–Trinajstić information content (AvgIpc) is 1.67. The molecule has 8 heavy (non-hydrogen) atoms. The molecule has 0 N–H and O–H groups in total. The van der Waals surface area contributed by atoms with E-state index in [0.717, 1.165) is 19.1 Å². The van der Waals surface area contributed by atoms with Gasteiger partial charge in [-0.15, -0.1) is 0 Å². The van der Waals surface area contributed by atoms with Crippen molar-refractivity contribution in [3.8, 4) is 0 Å². The Hall–Kier alpha value is -0.330. The number of rotatable bonds is 3. The molecular formula is C7H14O. The Balaban J connectivity index is 3.53. The molecule has 0 aromatic carbocycles. The van der Waals surface area contributed by atoms with E-state index in [1.54, 1.807) is 0 Å². The standard InChI is InChI=1S/C7H14O/c1-4-5-7(2,3)6-8/h6H,4-5H2,1-3H3. The summed E-state index contributed by atoms with van der Waals surface area (Å²) < 4.78 is 0. The Kier molecular flexibility index (Phi) is 2.74. The summed E-state index contributed by atoms with van der Waals surface area (Å²) in [6, 6.07) is 0. The molecule has 0 aliphatic rings. The minimum absolute atomic E-state index is 0.0885. The number of hydrogen-bond donors (Lipinski definition) is 0. The van der Waals surface area contributed by atoms with Crippen molar-refractivity contribution in [2.75, 3.05) is 0 Å². The van der Waals surface area contributed by atoms with Crippen LogP contribution in [0.25, 0.3) is 0 Å². The lowest BCUT2D eigenvalue weighted by molar-refractivity contribution is -0.115. The van der Waals surface area contributed by atoms with Crippen LogP contribution in [0.3, 0.4) is 0 Å². The minimum atomic E-state index is -0.0885. The van der Waals surface area contributed by atoms with Gasteiger partial charge in [0.1, 0.15) is 6.29 Å². The topological polar surface area (TPSA) is 17.1 Å². The first-order valence-corrected chi connectivity index (χ1v) is 3.09. The zero-order valence-electron chi connectivity index (χ0n) is 5.90. The second-order valence-corrected chi connectivity index (χ2v) is 2.86. The van der Waals surface area contributed by atoms with E-state index in [-0.39, 0.29) is 5.41 Å². The van der Waals surface area contributed by atoms with Crippen molar-refractivity contribution < 1.29 is 4.79 Å². The first-order chi connectivity index (χ1) is 3.62. The fourth-order valence-electron chi connectivity index (χ4n) is 0.703. The third-order valence-electron chi connectivity index (χ3n) is 1.21. The molecule has 1 heteroatoms. The average molecular weight is 114 g/mol. The molecule has 0 bridgehead atoms. The highest BCUT2D eigenvalue weighted by Crippen LogP contribution is 2.17. The van der Waals surface area contributed by atoms with Gasteiger partial charge in [0, 0.05) is 5.41 Å². The highest BCUT2D eigenvalue weighted by Gasteiger charge is 2.13. The van der Waals surface area contributed by atoms with Crippen molar-refractivity contribution in [2.24, 2.45) is 5.41 Å². The molecule has 0 aliphatic carbocycles. The number of carbonyl (C=O) groups excluding carboxylic acids is 1. The molecule has 0 spiro atoms. The molecule has 0 aliphatic heterocycles. The second kappa shape index (κ2) is 2.85. The van der Waals surface area contributed by atoms with Crippen molar-refractivity contribution in [2.45, 2.75) is 33.6 Å². The van der Waals surface area contributed by atoms with E-state index in [4.69, 9.17) is 0 Å². The Morgan fingerprint density at radius 3 is 2.12 bits per heavy atom. The van der Waals surface area contributed by atoms with Gasteiger partial charge >= 0.3 is 0 Å². The Labute approximate surface area is 51.1 Å². The third kappa shape index (κ3) is 2.78. The van der Waals surface area contributed by atoms with Crippen LogP contribution in [-0.4, -0.2) is 6.29 Å². The fraction of sp³-hybridized carbons (Fsp3) is 0.857. The van der Waals surface area contributed by atoms with Gasteiger partial charge in [-0.2, -0.15) is 0 Å². The van der Waals surface area contributed by atoms with Gasteiger partial charge in [0.05, 0.1) is 0 Å². The van der Waals surface area contributed by atoms with Crippen molar-refractivity contribution in [1.29, 1.82) is 0 Å². The van der Waals surface area contributed by atoms with E-state index in [0.29, 0.717) is 0 Å². The predicted molar refractivity (Wildman–Crippen MR) is 34.8 cm³/mol. The summed E-state index contributed by atoms with van der Waals surface area (Å²) in [7, 11) is 0. The molecule has 0 atom stereocenters. The van der Waals surface area contributed by atoms with Gasteiger partial charge in [-0.3, -0.25) is 0 Å². The maximum absolute atomic E-state index is 10.2. The van der Waals surface area contributed by atoms with E-state index in [2.05, 4.69) is 6.92 Å². The van der Waals surface area contributed by atoms with E-state index >= 15 is 0 Å². The third-order valence-corrected chi connectivity index (χ3v) is 1.21. The summed E-state index contributed by atoms with van der Waals surface area (Å²) in [5.41, 5.74) is -0.0885. The molecule has 0 amide bonds. The van der Waals surface area contributed by atoms with Crippen LogP contribution in [-0.2, 0) is 4.79 Å². The van der Waals surface area contributed by atoms with E-state index in [1.165, 1.54) is 0 Å². The van der Waals surface area contributed by atoms with Gasteiger partial charge < -0.3 is 4.79 Å². The molecule has 0 aromatic heterocycles. The van der Waals surface area contributed by atoms with Gasteiger partial charge in [-0.25, -0.2) is 0 Å². The second-order valence-electron chi connectivity index (χ2n) is 2.86. The molecule has 0 rings (SSSR count). The molecule has 48 valence electrons. The maximum atomic E-state index is 10.2. The summed E-state index contributed by atoms with van der Waals surface area (Å²) in [4.78, 5) is 10.2. The summed E-state index contributed by atoms with van der Waals surface area (Å²) >= 11 is 0. The lowest BCUT2D eigenvalue weighted by Crippen LogP contribution is -2.11. The van der Waals surface area contributed by atoms with Gasteiger partial charge in [0.2, 0.25) is 0 Å². The monoisotopic (exact) mass is 114 g/mol. The molecule has 0 fully saturated rings. The zero-order valence-corrected chi connectivity index (χ0v) is 5.90. The van der Waals surface area contributed by atoms with E-state index in [9.17, 15) is 4.79 Å². The molecule has 0 radical (unpaired) electrons. The van der Waals surface area contributed by atoms with Gasteiger partial charge in [-0.1, -0.05) is 27.2 Å². The van der Waals surface area contributed by atoms with Crippen LogP contribution in [0.15, 0.2) is 0 Å². The number of hydrogen-bond acceptors (Lipinski definition) is 1. The molecule has 0 unspecified atom stereocenters. The SMILES string of the molecule is CCCC(C)(C)C=O. The van der Waals surface area contributed by atoms with Gasteiger partial charge in [0.25, 0.3) is 0 Å². The molecular weight excluding hydrogens is 100 g/mol. The molecule has 0 aromatic rings. The lowest BCUT2D eigenvalue weighted by atomic mass is 9.90. The first-order valence-electron chi connectivity index (χ1n) is 3.09. The molecule has 0 saturated heterocycles. The molecule has 1 nitrogen and oxygen atoms in total. The number of aldehydes is 1. The minimum Gasteiger partial charge on any atom is -0.303 e. The van der Waals surface area contributed by atoms with Crippen LogP contribution in [0.2, 0.25) is 0 Å². The lowest BCUT2D eigenvalue weighted by Gasteiger charge is -2.13. The quantitative estimate of drug-likeness (QED) is 0.513. The summed E-state index contributed by atoms with van der Waals surface area (Å²) in [6.07, 6.45) is 3.11.